The molecule has 1 atom stereocenters. The van der Waals surface area contributed by atoms with Crippen molar-refractivity contribution in [1.29, 1.82) is 0 Å². The van der Waals surface area contributed by atoms with Crippen LogP contribution < -0.4 is 16.0 Å². The fourth-order valence-corrected chi connectivity index (χ4v) is 2.03. The maximum absolute atomic E-state index is 11.8. The van der Waals surface area contributed by atoms with Gasteiger partial charge in [0.25, 0.3) is 5.91 Å². The zero-order valence-electron chi connectivity index (χ0n) is 11.2. The van der Waals surface area contributed by atoms with Gasteiger partial charge in [-0.05, 0) is 30.5 Å². The molecule has 0 aliphatic carbocycles. The van der Waals surface area contributed by atoms with E-state index in [9.17, 15) is 14.4 Å². The largest absolute Gasteiger partial charge is 0.326 e. The van der Waals surface area contributed by atoms with E-state index in [1.807, 2.05) is 31.2 Å². The van der Waals surface area contributed by atoms with Gasteiger partial charge in [-0.3, -0.25) is 14.9 Å². The first kappa shape index (κ1) is 14.0. The van der Waals surface area contributed by atoms with E-state index in [1.165, 1.54) is 0 Å². The van der Waals surface area contributed by atoms with E-state index in [1.54, 1.807) is 0 Å². The molecule has 0 spiro atoms. The van der Waals surface area contributed by atoms with Crippen molar-refractivity contribution in [3.63, 3.8) is 0 Å². The Morgan fingerprint density at radius 2 is 2.15 bits per heavy atom. The van der Waals surface area contributed by atoms with Gasteiger partial charge in [-0.1, -0.05) is 19.1 Å². The Morgan fingerprint density at radius 1 is 1.35 bits per heavy atom. The minimum absolute atomic E-state index is 0.174. The van der Waals surface area contributed by atoms with E-state index in [0.29, 0.717) is 0 Å². The molecular weight excluding hydrogens is 258 g/mol. The minimum Gasteiger partial charge on any atom is -0.326 e. The zero-order valence-corrected chi connectivity index (χ0v) is 11.2. The molecule has 1 aromatic carbocycles. The Morgan fingerprint density at radius 3 is 2.80 bits per heavy atom. The molecular formula is C14H17N3O3. The molecule has 1 saturated heterocycles. The highest BCUT2D eigenvalue weighted by Gasteiger charge is 2.29. The van der Waals surface area contributed by atoms with Crippen molar-refractivity contribution in [2.75, 3.05) is 5.32 Å². The van der Waals surface area contributed by atoms with Crippen LogP contribution in [-0.4, -0.2) is 23.9 Å². The molecule has 1 heterocycles. The molecule has 0 bridgehead atoms. The Bertz CT molecular complexity index is 542. The number of carbonyl (C=O) groups excluding carboxylic acids is 3. The molecule has 1 aromatic rings. The number of benzene rings is 1. The summed E-state index contributed by atoms with van der Waals surface area (Å²) in [5.74, 6) is -0.553. The van der Waals surface area contributed by atoms with Crippen LogP contribution >= 0.6 is 0 Å². The normalized spacial score (nSPS) is 17.6. The number of hydrogen-bond acceptors (Lipinski definition) is 3. The Labute approximate surface area is 116 Å². The highest BCUT2D eigenvalue weighted by atomic mass is 16.2. The van der Waals surface area contributed by atoms with Crippen molar-refractivity contribution in [2.45, 2.75) is 32.2 Å². The van der Waals surface area contributed by atoms with Crippen LogP contribution in [0.5, 0.6) is 0 Å². The molecule has 106 valence electrons. The van der Waals surface area contributed by atoms with Gasteiger partial charge in [0.05, 0.1) is 0 Å². The summed E-state index contributed by atoms with van der Waals surface area (Å²) in [4.78, 5) is 34.0. The van der Waals surface area contributed by atoms with Crippen LogP contribution in [0.25, 0.3) is 0 Å². The topological polar surface area (TPSA) is 87.3 Å². The average molecular weight is 275 g/mol. The first-order chi connectivity index (χ1) is 9.58. The molecule has 0 aromatic heterocycles. The van der Waals surface area contributed by atoms with Crippen molar-refractivity contribution in [2.24, 2.45) is 0 Å². The summed E-state index contributed by atoms with van der Waals surface area (Å²) in [6.45, 7) is 2.04. The van der Waals surface area contributed by atoms with Crippen LogP contribution in [0.3, 0.4) is 0 Å². The lowest BCUT2D eigenvalue weighted by atomic mass is 10.1. The van der Waals surface area contributed by atoms with Crippen LogP contribution in [0.1, 0.15) is 25.3 Å². The highest BCUT2D eigenvalue weighted by Crippen LogP contribution is 2.12. The van der Waals surface area contributed by atoms with Crippen molar-refractivity contribution < 1.29 is 14.4 Å². The quantitative estimate of drug-likeness (QED) is 0.705. The number of hydrogen-bond donors (Lipinski definition) is 3. The molecule has 1 unspecified atom stereocenters. The summed E-state index contributed by atoms with van der Waals surface area (Å²) in [6, 6.07) is 6.50. The van der Waals surface area contributed by atoms with Gasteiger partial charge in [-0.25, -0.2) is 4.79 Å². The van der Waals surface area contributed by atoms with Gasteiger partial charge < -0.3 is 10.6 Å². The average Bonchev–Trinajstić information content (AvgIpc) is 2.75. The van der Waals surface area contributed by atoms with Crippen LogP contribution in [0, 0.1) is 0 Å². The number of imide groups is 1. The van der Waals surface area contributed by atoms with E-state index in [4.69, 9.17) is 0 Å². The second-order valence-electron chi connectivity index (χ2n) is 4.66. The summed E-state index contributed by atoms with van der Waals surface area (Å²) in [5.41, 5.74) is 1.89. The number of urea groups is 1. The maximum Gasteiger partial charge on any atom is 0.322 e. The summed E-state index contributed by atoms with van der Waals surface area (Å²) in [6.07, 6.45) is 1.36. The second-order valence-corrected chi connectivity index (χ2v) is 4.66. The molecule has 20 heavy (non-hydrogen) atoms. The smallest absolute Gasteiger partial charge is 0.322 e. The number of carbonyl (C=O) groups is 3. The summed E-state index contributed by atoms with van der Waals surface area (Å²) in [5, 5.41) is 7.38. The van der Waals surface area contributed by atoms with Crippen molar-refractivity contribution >= 4 is 23.5 Å². The molecule has 1 fully saturated rings. The third-order valence-corrected chi connectivity index (χ3v) is 3.14. The SMILES string of the molecule is CCc1cccc(NC(=O)CCC2NC(=O)NC2=O)c1. The Hall–Kier alpha value is -2.37. The zero-order chi connectivity index (χ0) is 14.5. The number of amides is 4. The van der Waals surface area contributed by atoms with Gasteiger partial charge in [0.1, 0.15) is 6.04 Å². The van der Waals surface area contributed by atoms with Gasteiger partial charge in [0.15, 0.2) is 0 Å². The minimum atomic E-state index is -0.616. The predicted molar refractivity (Wildman–Crippen MR) is 74.1 cm³/mol. The first-order valence-electron chi connectivity index (χ1n) is 6.58. The third-order valence-electron chi connectivity index (χ3n) is 3.14. The monoisotopic (exact) mass is 275 g/mol. The summed E-state index contributed by atoms with van der Waals surface area (Å²) >= 11 is 0. The van der Waals surface area contributed by atoms with Crippen LogP contribution in [0.4, 0.5) is 10.5 Å². The van der Waals surface area contributed by atoms with Gasteiger partial charge in [-0.15, -0.1) is 0 Å². The maximum atomic E-state index is 11.8. The van der Waals surface area contributed by atoms with Crippen LogP contribution in [-0.2, 0) is 16.0 Å². The number of rotatable bonds is 5. The molecule has 0 saturated carbocycles. The first-order valence-corrected chi connectivity index (χ1v) is 6.58. The number of nitrogens with one attached hydrogen (secondary N) is 3. The molecule has 0 radical (unpaired) electrons. The lowest BCUT2D eigenvalue weighted by Gasteiger charge is -2.08. The van der Waals surface area contributed by atoms with Gasteiger partial charge in [-0.2, -0.15) is 0 Å². The third kappa shape index (κ3) is 3.57. The molecule has 6 nitrogen and oxygen atoms in total. The molecule has 1 aliphatic heterocycles. The lowest BCUT2D eigenvalue weighted by molar-refractivity contribution is -0.120. The molecule has 4 amide bonds. The standard InChI is InChI=1S/C14H17N3O3/c1-2-9-4-3-5-10(8-9)15-12(18)7-6-11-13(19)17-14(20)16-11/h3-5,8,11H,2,6-7H2,1H3,(H,15,18)(H2,16,17,19,20). The Kier molecular flexibility index (Phi) is 4.34. The molecule has 1 aliphatic rings. The fraction of sp³-hybridized carbons (Fsp3) is 0.357. The van der Waals surface area contributed by atoms with Gasteiger partial charge in [0.2, 0.25) is 5.91 Å². The van der Waals surface area contributed by atoms with Crippen LogP contribution in [0.2, 0.25) is 0 Å². The van der Waals surface area contributed by atoms with E-state index in [2.05, 4.69) is 16.0 Å². The Balaban J connectivity index is 1.83. The summed E-state index contributed by atoms with van der Waals surface area (Å²) < 4.78 is 0. The van der Waals surface area contributed by atoms with E-state index < -0.39 is 12.1 Å². The van der Waals surface area contributed by atoms with Crippen LogP contribution in [0.15, 0.2) is 24.3 Å². The summed E-state index contributed by atoms with van der Waals surface area (Å²) in [7, 11) is 0. The molecule has 2 rings (SSSR count). The van der Waals surface area contributed by atoms with Crippen molar-refractivity contribution in [1.82, 2.24) is 10.6 Å². The molecule has 3 N–H and O–H groups in total. The van der Waals surface area contributed by atoms with E-state index in [0.717, 1.165) is 17.7 Å². The lowest BCUT2D eigenvalue weighted by Crippen LogP contribution is -2.30. The highest BCUT2D eigenvalue weighted by molar-refractivity contribution is 6.04. The van der Waals surface area contributed by atoms with E-state index in [-0.39, 0.29) is 24.7 Å². The molecule has 6 heteroatoms. The predicted octanol–water partition coefficient (Wildman–Crippen LogP) is 1.18. The van der Waals surface area contributed by atoms with E-state index >= 15 is 0 Å². The number of anilines is 1. The van der Waals surface area contributed by atoms with Crippen molar-refractivity contribution in [3.8, 4) is 0 Å². The van der Waals surface area contributed by atoms with Gasteiger partial charge in [0, 0.05) is 12.1 Å². The van der Waals surface area contributed by atoms with Crippen molar-refractivity contribution in [3.05, 3.63) is 29.8 Å². The second kappa shape index (κ2) is 6.18. The fourth-order valence-electron chi connectivity index (χ4n) is 2.03. The van der Waals surface area contributed by atoms with Gasteiger partial charge >= 0.3 is 6.03 Å². The number of aryl methyl sites for hydroxylation is 1.